The normalized spacial score (nSPS) is 10.9. The van der Waals surface area contributed by atoms with Gasteiger partial charge in [-0.2, -0.15) is 0 Å². The molecular weight excluding hydrogens is 308 g/mol. The van der Waals surface area contributed by atoms with Crippen molar-refractivity contribution in [3.05, 3.63) is 0 Å². The Balaban J connectivity index is -0.000000107. The molecule has 4 N–H and O–H groups in total. The van der Waals surface area contributed by atoms with Crippen molar-refractivity contribution in [2.24, 2.45) is 11.5 Å². The molecule has 0 fully saturated rings. The summed E-state index contributed by atoms with van der Waals surface area (Å²) in [5.41, 5.74) is 10.7. The molecule has 0 aromatic rings. The molecule has 0 aliphatic rings. The number of hydrogen-bond donors (Lipinski definition) is 2. The van der Waals surface area contributed by atoms with E-state index in [4.69, 9.17) is 11.5 Å². The Bertz CT molecular complexity index is 55.1. The van der Waals surface area contributed by atoms with Gasteiger partial charge in [0.05, 0.1) is 0 Å². The zero-order valence-electron chi connectivity index (χ0n) is 8.56. The molecule has 0 aromatic carbocycles. The molecule has 0 radical (unpaired) electrons. The maximum Gasteiger partial charge on any atom is 0.00686 e. The maximum absolute atomic E-state index is 5.35. The van der Waals surface area contributed by atoms with E-state index in [0.29, 0.717) is 0 Å². The van der Waals surface area contributed by atoms with Gasteiger partial charge in [-0.1, -0.05) is 0 Å². The van der Waals surface area contributed by atoms with Crippen LogP contribution in [0.3, 0.4) is 0 Å². The Labute approximate surface area is 85.4 Å². The van der Waals surface area contributed by atoms with Crippen molar-refractivity contribution in [1.82, 2.24) is 0 Å². The van der Waals surface area contributed by atoms with E-state index in [1.165, 1.54) is 0 Å². The van der Waals surface area contributed by atoms with Crippen LogP contribution in [0.5, 0.6) is 0 Å². The van der Waals surface area contributed by atoms with Gasteiger partial charge in [-0.05, 0) is 41.5 Å². The molecule has 3 heteroatoms. The van der Waals surface area contributed by atoms with E-state index in [1.807, 2.05) is 41.5 Å². The van der Waals surface area contributed by atoms with Crippen LogP contribution in [0.25, 0.3) is 0 Å². The monoisotopic (exact) mass is 330 g/mol. The fourth-order valence-electron chi connectivity index (χ4n) is 0. The first-order chi connectivity index (χ1) is 4.00. The second-order valence-corrected chi connectivity index (χ2v) is 4.73. The minimum Gasteiger partial charge on any atom is -0.326 e. The smallest absolute Gasteiger partial charge is 0.00686 e. The van der Waals surface area contributed by atoms with Crippen LogP contribution in [0.4, 0.5) is 0 Å². The van der Waals surface area contributed by atoms with Gasteiger partial charge in [-0.3, -0.25) is 0 Å². The number of rotatable bonds is 0. The average Bonchev–Trinajstić information content (AvgIpc) is 1.12. The van der Waals surface area contributed by atoms with Crippen LogP contribution in [-0.4, -0.2) is 11.1 Å². The number of nitrogens with two attached hydrogens (primary N) is 2. The van der Waals surface area contributed by atoms with Crippen LogP contribution in [-0.2, 0) is 21.1 Å². The minimum absolute atomic E-state index is 0. The van der Waals surface area contributed by atoms with Gasteiger partial charge in [-0.15, -0.1) is 0 Å². The largest absolute Gasteiger partial charge is 0.326 e. The van der Waals surface area contributed by atoms with E-state index in [2.05, 4.69) is 0 Å². The summed E-state index contributed by atoms with van der Waals surface area (Å²) >= 11 is 0. The first kappa shape index (κ1) is 17.6. The third-order valence-electron chi connectivity index (χ3n) is 0. The van der Waals surface area contributed by atoms with Crippen LogP contribution in [0.2, 0.25) is 0 Å². The van der Waals surface area contributed by atoms with Crippen molar-refractivity contribution in [1.29, 1.82) is 0 Å². The quantitative estimate of drug-likeness (QED) is 0.707. The van der Waals surface area contributed by atoms with Crippen molar-refractivity contribution < 1.29 is 21.1 Å². The molecule has 0 saturated heterocycles. The first-order valence-corrected chi connectivity index (χ1v) is 3.58. The van der Waals surface area contributed by atoms with Gasteiger partial charge in [0, 0.05) is 32.1 Å². The molecule has 0 spiro atoms. The summed E-state index contributed by atoms with van der Waals surface area (Å²) in [6.07, 6.45) is 0. The molecule has 11 heavy (non-hydrogen) atoms. The Morgan fingerprint density at radius 3 is 0.636 bits per heavy atom. The standard InChI is InChI=1S/2C4H11N.W/c2*1-4(2,3)5;/h2*5H2,1-3H3;. The van der Waals surface area contributed by atoms with E-state index >= 15 is 0 Å². The van der Waals surface area contributed by atoms with Crippen molar-refractivity contribution in [3.8, 4) is 0 Å². The third-order valence-corrected chi connectivity index (χ3v) is 0. The topological polar surface area (TPSA) is 52.0 Å². The molecule has 2 nitrogen and oxygen atoms in total. The van der Waals surface area contributed by atoms with Gasteiger partial charge in [0.1, 0.15) is 0 Å². The van der Waals surface area contributed by atoms with Crippen molar-refractivity contribution in [2.45, 2.75) is 52.6 Å². The summed E-state index contributed by atoms with van der Waals surface area (Å²) in [6.45, 7) is 11.8. The SMILES string of the molecule is CC(C)(C)N.CC(C)(C)N.[W]. The zero-order valence-corrected chi connectivity index (χ0v) is 11.5. The molecule has 0 atom stereocenters. The Kier molecular flexibility index (Phi) is 9.87. The molecular formula is C8H22N2W. The summed E-state index contributed by atoms with van der Waals surface area (Å²) in [7, 11) is 0. The van der Waals surface area contributed by atoms with Crippen molar-refractivity contribution in [3.63, 3.8) is 0 Å². The molecule has 70 valence electrons. The summed E-state index contributed by atoms with van der Waals surface area (Å²) < 4.78 is 0. The Morgan fingerprint density at radius 2 is 0.636 bits per heavy atom. The van der Waals surface area contributed by atoms with Gasteiger partial charge in [-0.25, -0.2) is 0 Å². The molecule has 0 bridgehead atoms. The molecule has 0 heterocycles. The van der Waals surface area contributed by atoms with Crippen LogP contribution in [0.1, 0.15) is 41.5 Å². The molecule has 0 aromatic heterocycles. The predicted octanol–water partition coefficient (Wildman–Crippen LogP) is 1.48. The van der Waals surface area contributed by atoms with Gasteiger partial charge >= 0.3 is 0 Å². The first-order valence-electron chi connectivity index (χ1n) is 3.58. The fraction of sp³-hybridized carbons (Fsp3) is 1.00. The van der Waals surface area contributed by atoms with Crippen molar-refractivity contribution >= 4 is 0 Å². The van der Waals surface area contributed by atoms with Gasteiger partial charge in [0.25, 0.3) is 0 Å². The van der Waals surface area contributed by atoms with Gasteiger partial charge in [0.2, 0.25) is 0 Å². The second kappa shape index (κ2) is 6.16. The van der Waals surface area contributed by atoms with Gasteiger partial charge < -0.3 is 11.5 Å². The second-order valence-electron chi connectivity index (χ2n) is 4.73. The minimum atomic E-state index is 0. The Hall–Kier alpha value is 0.608. The fourth-order valence-corrected chi connectivity index (χ4v) is 0. The molecule has 0 saturated carbocycles. The molecule has 0 aliphatic heterocycles. The molecule has 0 amide bonds. The van der Waals surface area contributed by atoms with Crippen LogP contribution < -0.4 is 11.5 Å². The average molecular weight is 330 g/mol. The maximum atomic E-state index is 5.35. The third kappa shape index (κ3) is 2120. The summed E-state index contributed by atoms with van der Waals surface area (Å²) in [4.78, 5) is 0. The van der Waals surface area contributed by atoms with E-state index in [9.17, 15) is 0 Å². The summed E-state index contributed by atoms with van der Waals surface area (Å²) in [5.74, 6) is 0. The van der Waals surface area contributed by atoms with Crippen molar-refractivity contribution in [2.75, 3.05) is 0 Å². The molecule has 0 aliphatic carbocycles. The number of hydrogen-bond acceptors (Lipinski definition) is 2. The summed E-state index contributed by atoms with van der Waals surface area (Å²) in [6, 6.07) is 0. The molecule has 0 rings (SSSR count). The van der Waals surface area contributed by atoms with Gasteiger partial charge in [0.15, 0.2) is 0 Å². The van der Waals surface area contributed by atoms with E-state index in [1.54, 1.807) is 0 Å². The zero-order chi connectivity index (χ0) is 9.00. The predicted molar refractivity (Wildman–Crippen MR) is 47.9 cm³/mol. The van der Waals surface area contributed by atoms with Crippen LogP contribution in [0, 0.1) is 0 Å². The summed E-state index contributed by atoms with van der Waals surface area (Å²) in [5, 5.41) is 0. The Morgan fingerprint density at radius 1 is 0.636 bits per heavy atom. The van der Waals surface area contributed by atoms with Crippen LogP contribution in [0.15, 0.2) is 0 Å². The van der Waals surface area contributed by atoms with E-state index in [-0.39, 0.29) is 32.1 Å². The molecule has 0 unspecified atom stereocenters. The van der Waals surface area contributed by atoms with E-state index < -0.39 is 0 Å². The van der Waals surface area contributed by atoms with Crippen LogP contribution >= 0.6 is 0 Å². The van der Waals surface area contributed by atoms with E-state index in [0.717, 1.165) is 0 Å².